The summed E-state index contributed by atoms with van der Waals surface area (Å²) in [6, 6.07) is 0. The minimum absolute atomic E-state index is 0.490. The molecule has 0 aromatic heterocycles. The third kappa shape index (κ3) is 34.2. The number of aliphatic hydroxyl groups is 8. The maximum atomic E-state index is 13.1. The molecule has 95 heavy (non-hydrogen) atoms. The largest absolute Gasteiger partial charge is 0.483 e. The summed E-state index contributed by atoms with van der Waals surface area (Å²) in [4.78, 5) is 20.9. The Bertz CT molecular complexity index is 2750. The zero-order chi connectivity index (χ0) is 71.0. The Labute approximate surface area is 568 Å². The Kier molecular flexibility index (Phi) is 40.7. The minimum atomic E-state index is -5.66. The number of ether oxygens (including phenoxy) is 5. The van der Waals surface area contributed by atoms with Crippen LogP contribution in [-0.4, -0.2) is 156 Å². The van der Waals surface area contributed by atoms with E-state index in [0.29, 0.717) is 12.8 Å². The third-order valence-electron chi connectivity index (χ3n) is 17.5. The first-order valence-corrected chi connectivity index (χ1v) is 37.3. The van der Waals surface area contributed by atoms with Gasteiger partial charge in [-0.2, -0.15) is 4.31 Å². The second-order valence-corrected chi connectivity index (χ2v) is 29.9. The quantitative estimate of drug-likeness (QED) is 0.0201. The highest BCUT2D eigenvalue weighted by Crippen LogP contribution is 2.61. The monoisotopic (exact) mass is 1380 g/mol. The fourth-order valence-electron chi connectivity index (χ4n) is 11.1. The van der Waals surface area contributed by atoms with Crippen LogP contribution in [0.25, 0.3) is 0 Å². The van der Waals surface area contributed by atoms with Crippen molar-refractivity contribution in [2.24, 2.45) is 0 Å². The van der Waals surface area contributed by atoms with Gasteiger partial charge >= 0.3 is 15.6 Å². The van der Waals surface area contributed by atoms with Gasteiger partial charge in [0.1, 0.15) is 61.0 Å². The maximum Gasteiger partial charge on any atom is 0.483 e. The molecule has 20 nitrogen and oxygen atoms in total. The van der Waals surface area contributed by atoms with E-state index in [0.717, 1.165) is 121 Å². The molecule has 3 aliphatic heterocycles. The molecule has 0 bridgehead atoms. The first-order chi connectivity index (χ1) is 44.7. The lowest BCUT2D eigenvalue weighted by Crippen LogP contribution is -2.66. The molecule has 3 aliphatic rings. The molecule has 0 aliphatic carbocycles. The highest BCUT2D eigenvalue weighted by atomic mass is 31.3. The smallest absolute Gasteiger partial charge is 0.394 e. The summed E-state index contributed by atoms with van der Waals surface area (Å²) in [6.07, 6.45) is 19.8. The summed E-state index contributed by atoms with van der Waals surface area (Å²) in [5.74, 6) is 0. The molecule has 2 unspecified atom stereocenters. The lowest BCUT2D eigenvalue weighted by atomic mass is 9.96. The van der Waals surface area contributed by atoms with E-state index in [9.17, 15) is 59.8 Å². The molecule has 22 heteroatoms. The van der Waals surface area contributed by atoms with Gasteiger partial charge in [-0.25, -0.2) is 9.13 Å². The SMILES string of the molecule is CC(C)=CCC/C(C)=C/CC/C(C)=C/CC/C(C)=C/CC/C(C)=C\CC/C(C)=C\CC/C(C)=C\CC/C(C)=C\CC/C(C)=C\CC/C(C)=C\CC/C(C)=C\COP(=O)(O)OP(=O)(O)O[C@H]1O[C@H](CO)[C@H](O)[C@H](O[C@@H]2O[C@@H](C)[C@H](O)[C@@H](O[C@@H]3O[C@@H](C)[C@H](O)[C@@H](O)[C@H]3O)[C@H]2O)[C@H]1O. The van der Waals surface area contributed by atoms with E-state index in [1.54, 1.807) is 6.92 Å². The van der Waals surface area contributed by atoms with Crippen LogP contribution in [0, 0.1) is 0 Å². The number of allylic oxidation sites excluding steroid dienone is 21. The molecular weight excluding hydrogens is 1260 g/mol. The number of phosphoric ester groups is 2. The first kappa shape index (κ1) is 86.1. The zero-order valence-electron chi connectivity index (χ0n) is 59.5. The van der Waals surface area contributed by atoms with E-state index in [1.807, 2.05) is 0 Å². The number of hydrogen-bond acceptors (Lipinski definition) is 18. The lowest BCUT2D eigenvalue weighted by Gasteiger charge is -2.47. The summed E-state index contributed by atoms with van der Waals surface area (Å²) >= 11 is 0. The summed E-state index contributed by atoms with van der Waals surface area (Å²) < 4.78 is 67.8. The van der Waals surface area contributed by atoms with Crippen LogP contribution in [0.15, 0.2) is 128 Å². The summed E-state index contributed by atoms with van der Waals surface area (Å²) in [5, 5.41) is 84.9. The van der Waals surface area contributed by atoms with Crippen molar-refractivity contribution in [3.8, 4) is 0 Å². The van der Waals surface area contributed by atoms with Crippen LogP contribution >= 0.6 is 15.6 Å². The van der Waals surface area contributed by atoms with Gasteiger partial charge in [-0.05, 0) is 225 Å². The minimum Gasteiger partial charge on any atom is -0.394 e. The lowest BCUT2D eigenvalue weighted by molar-refractivity contribution is -0.373. The van der Waals surface area contributed by atoms with Crippen LogP contribution in [0.1, 0.15) is 225 Å². The Morgan fingerprint density at radius 1 is 0.358 bits per heavy atom. The maximum absolute atomic E-state index is 13.1. The summed E-state index contributed by atoms with van der Waals surface area (Å²) in [6.45, 7) is 27.5. The number of rotatable bonds is 42. The molecule has 544 valence electrons. The Balaban J connectivity index is 1.31. The van der Waals surface area contributed by atoms with E-state index in [2.05, 4.69) is 141 Å². The van der Waals surface area contributed by atoms with Crippen LogP contribution in [0.4, 0.5) is 0 Å². The fraction of sp³-hybridized carbons (Fsp3) is 0.699. The van der Waals surface area contributed by atoms with Gasteiger partial charge in [-0.1, -0.05) is 128 Å². The van der Waals surface area contributed by atoms with Crippen molar-refractivity contribution in [2.45, 2.75) is 317 Å². The zero-order valence-corrected chi connectivity index (χ0v) is 61.3. The number of hydrogen-bond donors (Lipinski definition) is 10. The van der Waals surface area contributed by atoms with E-state index in [1.165, 1.54) is 75.7 Å². The Hall–Kier alpha value is -3.12. The van der Waals surface area contributed by atoms with Crippen molar-refractivity contribution >= 4 is 15.6 Å². The van der Waals surface area contributed by atoms with Crippen LogP contribution in [0.5, 0.6) is 0 Å². The van der Waals surface area contributed by atoms with Crippen molar-refractivity contribution in [1.29, 1.82) is 0 Å². The molecule has 10 N–H and O–H groups in total. The second-order valence-electron chi connectivity index (χ2n) is 26.9. The Morgan fingerprint density at radius 2 is 0.653 bits per heavy atom. The number of phosphoric acid groups is 2. The summed E-state index contributed by atoms with van der Waals surface area (Å²) in [7, 11) is -11.0. The molecule has 0 spiro atoms. The Morgan fingerprint density at radius 3 is 0.989 bits per heavy atom. The van der Waals surface area contributed by atoms with E-state index in [-0.39, 0.29) is 0 Å². The van der Waals surface area contributed by atoms with Gasteiger partial charge in [0.2, 0.25) is 0 Å². The van der Waals surface area contributed by atoms with Gasteiger partial charge in [-0.3, -0.25) is 9.05 Å². The fourth-order valence-corrected chi connectivity index (χ4v) is 13.2. The number of aliphatic hydroxyl groups excluding tert-OH is 8. The van der Waals surface area contributed by atoms with Crippen LogP contribution in [0.2, 0.25) is 0 Å². The average Bonchev–Trinajstić information content (AvgIpc) is 0.783. The normalized spacial score (nSPS) is 29.8. The van der Waals surface area contributed by atoms with Crippen molar-refractivity contribution in [2.75, 3.05) is 13.2 Å². The van der Waals surface area contributed by atoms with E-state index < -0.39 is 121 Å². The topological polar surface area (TPSA) is 310 Å². The highest BCUT2D eigenvalue weighted by Gasteiger charge is 2.54. The molecule has 3 saturated heterocycles. The molecule has 0 aromatic carbocycles. The molecule has 0 saturated carbocycles. The van der Waals surface area contributed by atoms with Gasteiger partial charge in [0.15, 0.2) is 18.9 Å². The van der Waals surface area contributed by atoms with Crippen LogP contribution < -0.4 is 0 Å². The van der Waals surface area contributed by atoms with Crippen molar-refractivity contribution < 1.29 is 96.8 Å². The van der Waals surface area contributed by atoms with Gasteiger partial charge in [0.05, 0.1) is 25.4 Å². The predicted molar refractivity (Wildman–Crippen MR) is 373 cm³/mol. The van der Waals surface area contributed by atoms with E-state index in [4.69, 9.17) is 32.7 Å². The third-order valence-corrected chi connectivity index (χ3v) is 20.1. The molecule has 0 radical (unpaired) electrons. The molecule has 3 heterocycles. The highest BCUT2D eigenvalue weighted by molar-refractivity contribution is 7.61. The van der Waals surface area contributed by atoms with Crippen LogP contribution in [0.3, 0.4) is 0 Å². The van der Waals surface area contributed by atoms with Gasteiger partial charge in [0, 0.05) is 0 Å². The summed E-state index contributed by atoms with van der Waals surface area (Å²) in [5.41, 5.74) is 15.1. The molecule has 0 aromatic rings. The second kappa shape index (κ2) is 44.9. The first-order valence-electron chi connectivity index (χ1n) is 34.3. The van der Waals surface area contributed by atoms with Crippen molar-refractivity contribution in [1.82, 2.24) is 0 Å². The van der Waals surface area contributed by atoms with Crippen molar-refractivity contribution in [3.63, 3.8) is 0 Å². The molecule has 17 atom stereocenters. The van der Waals surface area contributed by atoms with Gasteiger partial charge < -0.3 is 74.3 Å². The van der Waals surface area contributed by atoms with Gasteiger partial charge in [0.25, 0.3) is 0 Å². The molecule has 3 fully saturated rings. The molecule has 0 amide bonds. The molecular formula is C73H122O20P2. The average molecular weight is 1380 g/mol. The van der Waals surface area contributed by atoms with E-state index >= 15 is 0 Å². The standard InChI is InChI=1S/C73H122O20P2/c1-48(2)25-15-26-49(3)27-16-28-50(4)29-17-30-51(5)31-18-32-52(6)33-19-34-53(7)35-20-36-54(8)37-21-38-55(9)39-22-40-56(10)41-23-42-57(11)43-24-44-58(12)45-46-86-94(82,83)93-95(84,85)92-73-68(81)70(64(77)61(47-74)89-73)91-72-67(80)69(63(76)60(14)88-72)90-71-66(79)65(78)62(75)59(13)87-71/h25,27,29,31,33,35,37,39,41,43,45,59-81H,15-24,26,28,30,32,34,36,38,40,42,44,46-47H2,1-14H3,(H,82,83)(H,84,85)/b49-27+,50-29+,51-31+,52-33-,53-35-,54-37-,55-39-,56-41-,57-43-,58-45-/t59-,60-,61+,62-,63-,64-,65+,66+,67+,68+,69+,70-,71-,72-,73+/m0/s1. The predicted octanol–water partition coefficient (Wildman–Crippen LogP) is 14.0. The molecule has 3 rings (SSSR count). The van der Waals surface area contributed by atoms with Crippen molar-refractivity contribution in [3.05, 3.63) is 128 Å². The van der Waals surface area contributed by atoms with Crippen LogP contribution in [-0.2, 0) is 46.2 Å². The van der Waals surface area contributed by atoms with Gasteiger partial charge in [-0.15, -0.1) is 0 Å².